The fraction of sp³-hybridized carbons (Fsp3) is 0.395. The number of anilines is 1. The maximum Gasteiger partial charge on any atom is 0.311 e. The van der Waals surface area contributed by atoms with Crippen molar-refractivity contribution in [1.29, 1.82) is 0 Å². The highest BCUT2D eigenvalue weighted by atomic mass is 32.2. The Bertz CT molecular complexity index is 1640. The number of hydrogen-bond donors (Lipinski definition) is 1. The van der Waals surface area contributed by atoms with E-state index in [0.29, 0.717) is 24.9 Å². The van der Waals surface area contributed by atoms with E-state index in [9.17, 15) is 14.7 Å². The van der Waals surface area contributed by atoms with E-state index in [1.54, 1.807) is 27.6 Å². The first-order valence-corrected chi connectivity index (χ1v) is 17.0. The van der Waals surface area contributed by atoms with Gasteiger partial charge in [-0.1, -0.05) is 72.8 Å². The van der Waals surface area contributed by atoms with Crippen molar-refractivity contribution >= 4 is 46.0 Å². The summed E-state index contributed by atoms with van der Waals surface area (Å²) in [5.74, 6) is -2.33. The zero-order valence-electron chi connectivity index (χ0n) is 26.3. The van der Waals surface area contributed by atoms with Crippen LogP contribution in [0.1, 0.15) is 50.6 Å². The number of amides is 2. The number of carbonyl (C=O) groups excluding carboxylic acids is 3. The second kappa shape index (κ2) is 13.1. The molecule has 3 aliphatic rings. The van der Waals surface area contributed by atoms with E-state index in [1.807, 2.05) is 85.8 Å². The second-order valence-corrected chi connectivity index (χ2v) is 14.7. The predicted octanol–water partition coefficient (Wildman–Crippen LogP) is 6.47. The van der Waals surface area contributed by atoms with Crippen LogP contribution < -0.4 is 4.90 Å². The highest BCUT2D eigenvalue weighted by Gasteiger charge is 2.78. The predicted molar refractivity (Wildman–Crippen MR) is 183 cm³/mol. The smallest absolute Gasteiger partial charge is 0.311 e. The molecule has 3 fully saturated rings. The molecule has 3 aromatic rings. The third kappa shape index (κ3) is 5.35. The molecule has 0 aromatic heterocycles. The summed E-state index contributed by atoms with van der Waals surface area (Å²) in [7, 11) is 0. The van der Waals surface area contributed by atoms with Crippen molar-refractivity contribution in [2.45, 2.75) is 60.6 Å². The third-order valence-electron chi connectivity index (χ3n) is 10.1. The van der Waals surface area contributed by atoms with Crippen LogP contribution in [0.2, 0.25) is 0 Å². The molecule has 0 saturated carbocycles. The summed E-state index contributed by atoms with van der Waals surface area (Å²) < 4.78 is 4.43. The molecule has 0 aliphatic carbocycles. The Labute approximate surface area is 275 Å². The number of unbranched alkanes of at least 4 members (excludes halogenated alkanes) is 2. The summed E-state index contributed by atoms with van der Waals surface area (Å²) in [5.41, 5.74) is 1.44. The van der Waals surface area contributed by atoms with Gasteiger partial charge in [-0.3, -0.25) is 14.4 Å². The number of aliphatic hydroxyl groups is 1. The first-order valence-electron chi connectivity index (χ1n) is 16.2. The number of likely N-dealkylation sites (tertiary alicyclic amines) is 1. The largest absolute Gasteiger partial charge is 0.465 e. The number of thioether (sulfide) groups is 1. The van der Waals surface area contributed by atoms with Crippen molar-refractivity contribution < 1.29 is 24.2 Å². The van der Waals surface area contributed by atoms with Gasteiger partial charge in [-0.25, -0.2) is 0 Å². The van der Waals surface area contributed by atoms with E-state index < -0.39 is 33.4 Å². The molecule has 3 heterocycles. The number of esters is 1. The molecule has 3 aliphatic heterocycles. The summed E-state index contributed by atoms with van der Waals surface area (Å²) in [6.07, 6.45) is 7.26. The van der Waals surface area contributed by atoms with Gasteiger partial charge in [0.1, 0.15) is 6.04 Å². The van der Waals surface area contributed by atoms with E-state index >= 15 is 4.79 Å². The van der Waals surface area contributed by atoms with Crippen LogP contribution in [0, 0.1) is 11.8 Å². The normalized spacial score (nSPS) is 27.0. The minimum absolute atomic E-state index is 0.240. The minimum Gasteiger partial charge on any atom is -0.465 e. The van der Waals surface area contributed by atoms with Gasteiger partial charge in [0.25, 0.3) is 5.91 Å². The Balaban J connectivity index is 1.43. The van der Waals surface area contributed by atoms with Crippen LogP contribution in [-0.4, -0.2) is 63.1 Å². The Morgan fingerprint density at radius 2 is 1.78 bits per heavy atom. The van der Waals surface area contributed by atoms with E-state index in [1.165, 1.54) is 0 Å². The van der Waals surface area contributed by atoms with Crippen molar-refractivity contribution in [3.8, 4) is 0 Å². The first kappa shape index (κ1) is 32.1. The maximum atomic E-state index is 15.1. The number of fused-ring (bicyclic) bond motifs is 2. The molecule has 1 spiro atoms. The quantitative estimate of drug-likeness (QED) is 0.131. The molecule has 46 heavy (non-hydrogen) atoms. The summed E-state index contributed by atoms with van der Waals surface area (Å²) in [6.45, 7) is 9.91. The molecule has 2 bridgehead atoms. The van der Waals surface area contributed by atoms with Gasteiger partial charge in [0, 0.05) is 17.0 Å². The second-order valence-electron chi connectivity index (χ2n) is 12.8. The molecule has 3 saturated heterocycles. The van der Waals surface area contributed by atoms with Crippen molar-refractivity contribution in [1.82, 2.24) is 4.90 Å². The van der Waals surface area contributed by atoms with Crippen molar-refractivity contribution in [3.05, 3.63) is 104 Å². The molecule has 7 nitrogen and oxygen atoms in total. The molecule has 2 unspecified atom stereocenters. The molecular weight excluding hydrogens is 596 g/mol. The topological polar surface area (TPSA) is 87.1 Å². The number of rotatable bonds is 13. The number of aliphatic hydroxyl groups excluding tert-OH is 1. The highest BCUT2D eigenvalue weighted by molar-refractivity contribution is 8.02. The van der Waals surface area contributed by atoms with Gasteiger partial charge in [-0.05, 0) is 67.5 Å². The van der Waals surface area contributed by atoms with Gasteiger partial charge in [0.05, 0.1) is 35.8 Å². The SMILES string of the molecule is C=CCCCCOC(=O)[C@@H]1[C@H]2C(=O)N([C@H](CO)c3ccccc3)C(C(=O)N(CC=C)c3ccc4ccccc4c3)C23CC[C@@]1(C)S3. The summed E-state index contributed by atoms with van der Waals surface area (Å²) in [5, 5.41) is 12.9. The van der Waals surface area contributed by atoms with Crippen LogP contribution in [-0.2, 0) is 19.1 Å². The van der Waals surface area contributed by atoms with Crippen molar-refractivity contribution in [2.75, 3.05) is 24.7 Å². The molecule has 2 amide bonds. The zero-order chi connectivity index (χ0) is 32.5. The van der Waals surface area contributed by atoms with Gasteiger partial charge in [0.2, 0.25) is 5.91 Å². The fourth-order valence-corrected chi connectivity index (χ4v) is 10.3. The first-order chi connectivity index (χ1) is 22.3. The van der Waals surface area contributed by atoms with Gasteiger partial charge in [0.15, 0.2) is 0 Å². The molecule has 1 N–H and O–H groups in total. The number of nitrogens with zero attached hydrogens (tertiary/aromatic N) is 2. The zero-order valence-corrected chi connectivity index (χ0v) is 27.2. The number of ether oxygens (including phenoxy) is 1. The monoisotopic (exact) mass is 638 g/mol. The van der Waals surface area contributed by atoms with Crippen LogP contribution in [0.25, 0.3) is 10.8 Å². The number of benzene rings is 3. The molecule has 0 radical (unpaired) electrons. The molecular formula is C38H42N2O5S. The lowest BCUT2D eigenvalue weighted by Gasteiger charge is -2.39. The summed E-state index contributed by atoms with van der Waals surface area (Å²) in [4.78, 5) is 47.1. The van der Waals surface area contributed by atoms with Crippen LogP contribution in [0.4, 0.5) is 5.69 Å². The minimum atomic E-state index is -0.911. The number of hydrogen-bond acceptors (Lipinski definition) is 6. The summed E-state index contributed by atoms with van der Waals surface area (Å²) in [6, 6.07) is 21.6. The Morgan fingerprint density at radius 3 is 2.50 bits per heavy atom. The van der Waals surface area contributed by atoms with Crippen LogP contribution in [0.3, 0.4) is 0 Å². The van der Waals surface area contributed by atoms with Crippen molar-refractivity contribution in [2.24, 2.45) is 11.8 Å². The van der Waals surface area contributed by atoms with Gasteiger partial charge in [-0.15, -0.1) is 24.9 Å². The fourth-order valence-electron chi connectivity index (χ4n) is 7.96. The van der Waals surface area contributed by atoms with Crippen LogP contribution in [0.15, 0.2) is 98.1 Å². The molecule has 6 atom stereocenters. The lowest BCUT2D eigenvalue weighted by Crippen LogP contribution is -2.56. The van der Waals surface area contributed by atoms with Gasteiger partial charge < -0.3 is 19.6 Å². The van der Waals surface area contributed by atoms with E-state index in [-0.39, 0.29) is 37.5 Å². The standard InChI is InChI=1S/C38H42N2O5S/c1-4-6-7-13-23-45-36(44)32-31-34(42)40(30(25-41)27-15-9-8-10-16-27)33(38(31)21-20-37(32,3)46-38)35(43)39(22-5-2)29-19-18-26-14-11-12-17-28(26)24-29/h4-5,8-12,14-19,24,30-33,41H,1-2,6-7,13,20-23,25H2,3H3/t30-,31+,32+,33?,37-,38?/m1/s1. The lowest BCUT2D eigenvalue weighted by atomic mass is 9.66. The van der Waals surface area contributed by atoms with E-state index in [0.717, 1.165) is 29.2 Å². The van der Waals surface area contributed by atoms with Gasteiger partial charge >= 0.3 is 5.97 Å². The molecule has 6 rings (SSSR count). The Kier molecular flexibility index (Phi) is 9.12. The third-order valence-corrected chi connectivity index (χ3v) is 12.1. The number of allylic oxidation sites excluding steroid dienone is 1. The number of carbonyl (C=O) groups is 3. The Morgan fingerprint density at radius 1 is 1.04 bits per heavy atom. The Hall–Kier alpha value is -3.88. The average Bonchev–Trinajstić information content (AvgIpc) is 3.64. The molecule has 240 valence electrons. The maximum absolute atomic E-state index is 15.1. The van der Waals surface area contributed by atoms with Crippen LogP contribution >= 0.6 is 11.8 Å². The van der Waals surface area contributed by atoms with Crippen LogP contribution in [0.5, 0.6) is 0 Å². The van der Waals surface area contributed by atoms with E-state index in [4.69, 9.17) is 4.74 Å². The molecule has 3 aromatic carbocycles. The lowest BCUT2D eigenvalue weighted by molar-refractivity contribution is -0.156. The highest BCUT2D eigenvalue weighted by Crippen LogP contribution is 2.72. The summed E-state index contributed by atoms with van der Waals surface area (Å²) >= 11 is 1.60. The molecule has 8 heteroatoms. The van der Waals surface area contributed by atoms with Crippen molar-refractivity contribution in [3.63, 3.8) is 0 Å². The van der Waals surface area contributed by atoms with Gasteiger partial charge in [-0.2, -0.15) is 0 Å². The van der Waals surface area contributed by atoms with E-state index in [2.05, 4.69) is 13.2 Å². The average molecular weight is 639 g/mol.